The summed E-state index contributed by atoms with van der Waals surface area (Å²) in [6.07, 6.45) is 0.427. The van der Waals surface area contributed by atoms with Crippen LogP contribution in [0, 0.1) is 11.2 Å². The third-order valence-electron chi connectivity index (χ3n) is 4.06. The van der Waals surface area contributed by atoms with Gasteiger partial charge in [0.2, 0.25) is 0 Å². The average molecular weight is 285 g/mol. The normalized spacial score (nSPS) is 30.4. The van der Waals surface area contributed by atoms with Gasteiger partial charge in [-0.15, -0.1) is 0 Å². The lowest BCUT2D eigenvalue weighted by atomic mass is 9.90. The minimum atomic E-state index is -2.72. The van der Waals surface area contributed by atoms with Crippen LogP contribution in [-0.4, -0.2) is 40.4 Å². The molecule has 1 aromatic rings. The van der Waals surface area contributed by atoms with Gasteiger partial charge in [-0.1, -0.05) is 0 Å². The number of carbonyl (C=O) groups is 1. The molecule has 1 aromatic heterocycles. The van der Waals surface area contributed by atoms with Crippen molar-refractivity contribution in [2.24, 2.45) is 5.41 Å². The van der Waals surface area contributed by atoms with Gasteiger partial charge in [0.05, 0.1) is 12.2 Å². The Morgan fingerprint density at radius 1 is 1.45 bits per heavy atom. The summed E-state index contributed by atoms with van der Waals surface area (Å²) in [5.41, 5.74) is -1.14. The third-order valence-corrected chi connectivity index (χ3v) is 4.06. The lowest BCUT2D eigenvalue weighted by Gasteiger charge is -2.26. The summed E-state index contributed by atoms with van der Waals surface area (Å²) in [4.78, 5) is 16.1. The van der Waals surface area contributed by atoms with Gasteiger partial charge in [0.15, 0.2) is 0 Å². The number of hydrogen-bond acceptors (Lipinski definition) is 3. The van der Waals surface area contributed by atoms with Gasteiger partial charge in [0, 0.05) is 19.3 Å². The zero-order valence-electron chi connectivity index (χ0n) is 10.9. The van der Waals surface area contributed by atoms with E-state index in [0.717, 1.165) is 6.20 Å². The second-order valence-electron chi connectivity index (χ2n) is 5.50. The molecular weight excluding hydrogens is 271 g/mol. The fraction of sp³-hybridized carbons (Fsp3) is 0.538. The third kappa shape index (κ3) is 1.80. The Balaban J connectivity index is 1.93. The quantitative estimate of drug-likeness (QED) is 0.834. The minimum Gasteiger partial charge on any atom is -0.272 e. The number of halogens is 3. The van der Waals surface area contributed by atoms with E-state index in [1.807, 2.05) is 0 Å². The molecule has 1 amide bonds. The molecule has 2 fully saturated rings. The fourth-order valence-corrected chi connectivity index (χ4v) is 2.91. The Hall–Kier alpha value is -1.63. The largest absolute Gasteiger partial charge is 0.272 e. The number of nitrogens with zero attached hydrogens (tertiary/aromatic N) is 3. The number of alkyl halides is 2. The number of hydrazine groups is 1. The van der Waals surface area contributed by atoms with E-state index in [1.54, 1.807) is 5.01 Å². The SMILES string of the molecule is CC1(C(F)F)CN2CCC(c3cncc(F)c3)N2C1=O. The predicted molar refractivity (Wildman–Crippen MR) is 64.1 cm³/mol. The van der Waals surface area contributed by atoms with Crippen LogP contribution >= 0.6 is 0 Å². The van der Waals surface area contributed by atoms with Crippen LogP contribution in [0.4, 0.5) is 13.2 Å². The molecule has 0 radical (unpaired) electrons. The molecule has 3 heterocycles. The minimum absolute atomic E-state index is 0.00272. The monoisotopic (exact) mass is 285 g/mol. The summed E-state index contributed by atoms with van der Waals surface area (Å²) in [5, 5.41) is 2.98. The van der Waals surface area contributed by atoms with Gasteiger partial charge in [0.1, 0.15) is 11.2 Å². The number of amides is 1. The topological polar surface area (TPSA) is 36.4 Å². The highest BCUT2D eigenvalue weighted by atomic mass is 19.3. The molecule has 0 aromatic carbocycles. The van der Waals surface area contributed by atoms with E-state index in [9.17, 15) is 18.0 Å². The summed E-state index contributed by atoms with van der Waals surface area (Å²) in [7, 11) is 0. The van der Waals surface area contributed by atoms with Gasteiger partial charge in [0.25, 0.3) is 12.3 Å². The number of hydrogen-bond donors (Lipinski definition) is 0. The van der Waals surface area contributed by atoms with Gasteiger partial charge >= 0.3 is 0 Å². The molecule has 0 N–H and O–H groups in total. The van der Waals surface area contributed by atoms with Crippen LogP contribution in [0.5, 0.6) is 0 Å². The van der Waals surface area contributed by atoms with Crippen molar-refractivity contribution in [2.75, 3.05) is 13.1 Å². The van der Waals surface area contributed by atoms with Crippen molar-refractivity contribution in [1.82, 2.24) is 15.0 Å². The maximum absolute atomic E-state index is 13.2. The molecule has 2 unspecified atom stereocenters. The molecule has 0 aliphatic carbocycles. The first kappa shape index (κ1) is 13.4. The van der Waals surface area contributed by atoms with Crippen LogP contribution in [0.1, 0.15) is 24.9 Å². The Morgan fingerprint density at radius 2 is 2.20 bits per heavy atom. The van der Waals surface area contributed by atoms with Crippen molar-refractivity contribution in [3.05, 3.63) is 29.8 Å². The van der Waals surface area contributed by atoms with E-state index in [1.165, 1.54) is 24.2 Å². The summed E-state index contributed by atoms with van der Waals surface area (Å²) < 4.78 is 39.5. The zero-order chi connectivity index (χ0) is 14.5. The van der Waals surface area contributed by atoms with Gasteiger partial charge in [-0.3, -0.25) is 14.8 Å². The van der Waals surface area contributed by atoms with E-state index < -0.39 is 29.6 Å². The van der Waals surface area contributed by atoms with Crippen molar-refractivity contribution in [3.8, 4) is 0 Å². The first-order valence-corrected chi connectivity index (χ1v) is 6.40. The Morgan fingerprint density at radius 3 is 2.85 bits per heavy atom. The second-order valence-corrected chi connectivity index (χ2v) is 5.50. The van der Waals surface area contributed by atoms with Crippen LogP contribution in [0.15, 0.2) is 18.5 Å². The number of carbonyl (C=O) groups excluding carboxylic acids is 1. The van der Waals surface area contributed by atoms with E-state index >= 15 is 0 Å². The van der Waals surface area contributed by atoms with Gasteiger partial charge < -0.3 is 0 Å². The number of pyridine rings is 1. The first-order valence-electron chi connectivity index (χ1n) is 6.40. The smallest absolute Gasteiger partial charge is 0.254 e. The fourth-order valence-electron chi connectivity index (χ4n) is 2.91. The Labute approximate surface area is 114 Å². The predicted octanol–water partition coefficient (Wildman–Crippen LogP) is 2.00. The molecule has 0 spiro atoms. The highest BCUT2D eigenvalue weighted by molar-refractivity contribution is 5.85. The second kappa shape index (κ2) is 4.44. The zero-order valence-corrected chi connectivity index (χ0v) is 10.9. The summed E-state index contributed by atoms with van der Waals surface area (Å²) in [5.74, 6) is -1.09. The average Bonchev–Trinajstić information content (AvgIpc) is 2.90. The maximum atomic E-state index is 13.2. The maximum Gasteiger partial charge on any atom is 0.254 e. The van der Waals surface area contributed by atoms with Crippen LogP contribution < -0.4 is 0 Å². The van der Waals surface area contributed by atoms with E-state index in [4.69, 9.17) is 0 Å². The van der Waals surface area contributed by atoms with Crippen LogP contribution in [0.3, 0.4) is 0 Å². The Kier molecular flexibility index (Phi) is 2.97. The number of aromatic nitrogens is 1. The molecule has 3 rings (SSSR count). The molecule has 0 saturated carbocycles. The standard InChI is InChI=1S/C13H14F3N3O/c1-13(11(15)16)7-18-3-2-10(19(18)12(13)20)8-4-9(14)6-17-5-8/h4-6,10-11H,2-3,7H2,1H3. The molecule has 2 saturated heterocycles. The Bertz CT molecular complexity index is 553. The highest BCUT2D eigenvalue weighted by Gasteiger charge is 2.57. The summed E-state index contributed by atoms with van der Waals surface area (Å²) in [6.45, 7) is 1.79. The van der Waals surface area contributed by atoms with Crippen LogP contribution in [-0.2, 0) is 4.79 Å². The van der Waals surface area contributed by atoms with Crippen molar-refractivity contribution >= 4 is 5.91 Å². The molecule has 7 heteroatoms. The lowest BCUT2D eigenvalue weighted by Crippen LogP contribution is -2.39. The van der Waals surface area contributed by atoms with E-state index in [2.05, 4.69) is 4.98 Å². The van der Waals surface area contributed by atoms with Crippen LogP contribution in [0.25, 0.3) is 0 Å². The van der Waals surface area contributed by atoms with Crippen molar-refractivity contribution < 1.29 is 18.0 Å². The van der Waals surface area contributed by atoms with E-state index in [0.29, 0.717) is 18.5 Å². The molecule has 4 nitrogen and oxygen atoms in total. The van der Waals surface area contributed by atoms with Gasteiger partial charge in [-0.2, -0.15) is 0 Å². The highest BCUT2D eigenvalue weighted by Crippen LogP contribution is 2.44. The number of rotatable bonds is 2. The summed E-state index contributed by atoms with van der Waals surface area (Å²) in [6, 6.07) is 0.887. The number of fused-ring (bicyclic) bond motifs is 1. The molecule has 2 atom stereocenters. The molecule has 108 valence electrons. The molecule has 0 bridgehead atoms. The van der Waals surface area contributed by atoms with Crippen molar-refractivity contribution in [2.45, 2.75) is 25.8 Å². The first-order chi connectivity index (χ1) is 9.43. The summed E-state index contributed by atoms with van der Waals surface area (Å²) >= 11 is 0. The molecule has 2 aliphatic rings. The van der Waals surface area contributed by atoms with Gasteiger partial charge in [-0.25, -0.2) is 18.2 Å². The molecule has 2 aliphatic heterocycles. The van der Waals surface area contributed by atoms with Crippen molar-refractivity contribution in [1.29, 1.82) is 0 Å². The van der Waals surface area contributed by atoms with Crippen LogP contribution in [0.2, 0.25) is 0 Å². The van der Waals surface area contributed by atoms with Crippen molar-refractivity contribution in [3.63, 3.8) is 0 Å². The van der Waals surface area contributed by atoms with Gasteiger partial charge in [-0.05, 0) is 25.0 Å². The molecular formula is C13H14F3N3O. The molecule has 20 heavy (non-hydrogen) atoms. The van der Waals surface area contributed by atoms with E-state index in [-0.39, 0.29) is 6.54 Å². The lowest BCUT2D eigenvalue weighted by molar-refractivity contribution is -0.147.